The van der Waals surface area contributed by atoms with Gasteiger partial charge in [-0.15, -0.1) is 11.3 Å². The minimum atomic E-state index is -0.496. The van der Waals surface area contributed by atoms with Gasteiger partial charge in [-0.1, -0.05) is 184 Å². The zero-order valence-corrected chi connectivity index (χ0v) is 40.7. The summed E-state index contributed by atoms with van der Waals surface area (Å²) < 4.78 is 2.68. The summed E-state index contributed by atoms with van der Waals surface area (Å²) in [6, 6.07) is 82.2. The molecule has 9 aromatic carbocycles. The van der Waals surface area contributed by atoms with Crippen molar-refractivity contribution in [2.24, 2.45) is 23.7 Å². The second-order valence-corrected chi connectivity index (χ2v) is 23.0. The Hall–Kier alpha value is -7.00. The Labute approximate surface area is 416 Å². The number of benzene rings is 9. The van der Waals surface area contributed by atoms with Crippen LogP contribution in [-0.2, 0) is 16.2 Å². The molecule has 0 unspecified atom stereocenters. The van der Waals surface area contributed by atoms with E-state index >= 15 is 0 Å². The first-order valence-electron chi connectivity index (χ1n) is 25.8. The van der Waals surface area contributed by atoms with E-state index in [1.165, 1.54) is 125 Å². The van der Waals surface area contributed by atoms with Crippen molar-refractivity contribution in [1.29, 1.82) is 0 Å². The van der Waals surface area contributed by atoms with Crippen LogP contribution in [0.15, 0.2) is 212 Å². The van der Waals surface area contributed by atoms with Crippen LogP contribution in [0.25, 0.3) is 42.4 Å². The van der Waals surface area contributed by atoms with Crippen molar-refractivity contribution in [3.05, 3.63) is 257 Å². The van der Waals surface area contributed by atoms with Gasteiger partial charge in [0.25, 0.3) is 0 Å². The topological polar surface area (TPSA) is 3.24 Å². The molecule has 1 aromatic heterocycles. The van der Waals surface area contributed by atoms with E-state index in [1.54, 1.807) is 11.1 Å². The van der Waals surface area contributed by atoms with Crippen molar-refractivity contribution >= 4 is 48.6 Å². The molecular weight excluding hydrogens is 863 g/mol. The van der Waals surface area contributed by atoms with E-state index in [9.17, 15) is 0 Å². The van der Waals surface area contributed by atoms with Gasteiger partial charge in [-0.25, -0.2) is 0 Å². The van der Waals surface area contributed by atoms with Gasteiger partial charge in [0.2, 0.25) is 0 Å². The molecule has 70 heavy (non-hydrogen) atoms. The fourth-order valence-corrected chi connectivity index (χ4v) is 17.1. The number of hydrogen-bond donors (Lipinski definition) is 0. The van der Waals surface area contributed by atoms with Gasteiger partial charge < -0.3 is 4.90 Å². The maximum atomic E-state index is 2.72. The molecule has 4 saturated carbocycles. The van der Waals surface area contributed by atoms with E-state index in [4.69, 9.17) is 0 Å². The van der Waals surface area contributed by atoms with E-state index < -0.39 is 5.41 Å². The number of fused-ring (bicyclic) bond motifs is 8. The summed E-state index contributed by atoms with van der Waals surface area (Å²) in [6.07, 6.45) is 6.72. The average molecular weight is 918 g/mol. The Bertz CT molecular complexity index is 3660. The number of anilines is 3. The lowest BCUT2D eigenvalue weighted by atomic mass is 9.38. The SMILES string of the molecule is CC1(C)c2ccccc2-c2ccc(N(c3cccc(-c4cccc5c4sc4ccccc45)c3)c3ccc4c(c3)C3(c5ccccc5C4(c4ccccc4)c4ccccc4)C4CC5CC(C4)CC3C5)cc21. The largest absolute Gasteiger partial charge is 0.310 e. The molecule has 1 spiro atoms. The minimum absolute atomic E-state index is 0.0890. The van der Waals surface area contributed by atoms with Gasteiger partial charge in [-0.2, -0.15) is 0 Å². The Morgan fingerprint density at radius 2 is 0.943 bits per heavy atom. The van der Waals surface area contributed by atoms with Crippen molar-refractivity contribution in [2.45, 2.75) is 62.2 Å². The molecule has 10 aromatic rings. The zero-order chi connectivity index (χ0) is 46.3. The Morgan fingerprint density at radius 3 is 1.69 bits per heavy atom. The van der Waals surface area contributed by atoms with E-state index in [0.29, 0.717) is 11.8 Å². The molecule has 16 rings (SSSR count). The molecule has 338 valence electrons. The van der Waals surface area contributed by atoms with Crippen molar-refractivity contribution in [2.75, 3.05) is 4.90 Å². The lowest BCUT2D eigenvalue weighted by molar-refractivity contribution is -0.0440. The molecule has 1 heterocycles. The smallest absolute Gasteiger partial charge is 0.0707 e. The van der Waals surface area contributed by atoms with E-state index in [0.717, 1.165) is 11.8 Å². The fourth-order valence-electron chi connectivity index (χ4n) is 15.8. The summed E-state index contributed by atoms with van der Waals surface area (Å²) in [7, 11) is 0. The first-order valence-corrected chi connectivity index (χ1v) is 26.7. The normalized spacial score (nSPS) is 22.7. The van der Waals surface area contributed by atoms with Gasteiger partial charge in [0.05, 0.1) is 5.41 Å². The molecule has 0 saturated heterocycles. The van der Waals surface area contributed by atoms with Gasteiger partial charge in [0, 0.05) is 48.1 Å². The van der Waals surface area contributed by atoms with Crippen LogP contribution in [0, 0.1) is 23.7 Å². The van der Waals surface area contributed by atoms with Crippen molar-refractivity contribution < 1.29 is 0 Å². The molecule has 0 amide bonds. The lowest BCUT2D eigenvalue weighted by Gasteiger charge is -2.65. The highest BCUT2D eigenvalue weighted by Crippen LogP contribution is 2.70. The standard InChI is InChI=1S/C68H55NS/c1-66(2)58-27-11-9-23-54(58)55-33-31-51(41-62(55)66)69(50-22-15-17-45(40-50)53-25-16-26-57-56-24-10-14-30-64(56)70-65(53)57)52-32-34-61-63(42-52)68(48-36-43-35-44(38-48)39-49(68)37-43)60-29-13-12-28-59(60)67(61,46-18-5-3-6-19-46)47-20-7-4-8-21-47/h3-34,40-44,48-49H,35-39H2,1-2H3. The Balaban J connectivity index is 1.01. The van der Waals surface area contributed by atoms with Gasteiger partial charge in [0.15, 0.2) is 0 Å². The molecule has 0 atom stereocenters. The molecule has 6 aliphatic carbocycles. The predicted octanol–water partition coefficient (Wildman–Crippen LogP) is 17.9. The molecule has 0 radical (unpaired) electrons. The van der Waals surface area contributed by atoms with Crippen molar-refractivity contribution in [3.63, 3.8) is 0 Å². The predicted molar refractivity (Wildman–Crippen MR) is 293 cm³/mol. The maximum absolute atomic E-state index is 2.72. The van der Waals surface area contributed by atoms with Crippen molar-refractivity contribution in [1.82, 2.24) is 0 Å². The molecule has 1 nitrogen and oxygen atoms in total. The van der Waals surface area contributed by atoms with Gasteiger partial charge in [0.1, 0.15) is 0 Å². The first kappa shape index (κ1) is 40.8. The lowest BCUT2D eigenvalue weighted by Crippen LogP contribution is -2.59. The highest BCUT2D eigenvalue weighted by molar-refractivity contribution is 7.26. The van der Waals surface area contributed by atoms with Crippen LogP contribution in [0.4, 0.5) is 17.1 Å². The van der Waals surface area contributed by atoms with E-state index in [-0.39, 0.29) is 10.8 Å². The number of rotatable bonds is 6. The number of hydrogen-bond acceptors (Lipinski definition) is 2. The van der Waals surface area contributed by atoms with E-state index in [2.05, 4.69) is 231 Å². The van der Waals surface area contributed by atoms with E-state index in [1.807, 2.05) is 11.3 Å². The zero-order valence-electron chi connectivity index (χ0n) is 39.9. The Morgan fingerprint density at radius 1 is 0.400 bits per heavy atom. The highest BCUT2D eigenvalue weighted by Gasteiger charge is 2.63. The summed E-state index contributed by atoms with van der Waals surface area (Å²) in [6.45, 7) is 4.83. The summed E-state index contributed by atoms with van der Waals surface area (Å²) >= 11 is 1.91. The van der Waals surface area contributed by atoms with Crippen molar-refractivity contribution in [3.8, 4) is 22.3 Å². The third-order valence-electron chi connectivity index (χ3n) is 18.4. The van der Waals surface area contributed by atoms with Crippen LogP contribution in [0.5, 0.6) is 0 Å². The third-order valence-corrected chi connectivity index (χ3v) is 19.6. The second kappa shape index (κ2) is 15.0. The number of nitrogens with zero attached hydrogens (tertiary/aromatic N) is 1. The highest BCUT2D eigenvalue weighted by atomic mass is 32.1. The monoisotopic (exact) mass is 917 g/mol. The molecular formula is C68H55NS. The second-order valence-electron chi connectivity index (χ2n) is 22.0. The average Bonchev–Trinajstić information content (AvgIpc) is 3.90. The molecule has 6 aliphatic rings. The molecule has 2 heteroatoms. The van der Waals surface area contributed by atoms with Crippen LogP contribution in [0.1, 0.15) is 90.5 Å². The van der Waals surface area contributed by atoms with Gasteiger partial charge in [-0.3, -0.25) is 0 Å². The molecule has 4 fully saturated rings. The summed E-state index contributed by atoms with van der Waals surface area (Å²) in [5, 5.41) is 2.66. The van der Waals surface area contributed by atoms with Crippen LogP contribution < -0.4 is 4.90 Å². The van der Waals surface area contributed by atoms with Crippen LogP contribution in [0.3, 0.4) is 0 Å². The summed E-state index contributed by atoms with van der Waals surface area (Å²) in [5.74, 6) is 2.87. The van der Waals surface area contributed by atoms with Crippen LogP contribution >= 0.6 is 11.3 Å². The van der Waals surface area contributed by atoms with Crippen LogP contribution in [0.2, 0.25) is 0 Å². The minimum Gasteiger partial charge on any atom is -0.310 e. The molecule has 0 aliphatic heterocycles. The van der Waals surface area contributed by atoms with Gasteiger partial charge in [-0.05, 0) is 165 Å². The summed E-state index contributed by atoms with van der Waals surface area (Å²) in [4.78, 5) is 2.62. The number of thiophene rings is 1. The van der Waals surface area contributed by atoms with Crippen LogP contribution in [-0.4, -0.2) is 0 Å². The molecule has 4 bridgehead atoms. The third kappa shape index (κ3) is 5.49. The quantitative estimate of drug-likeness (QED) is 0.161. The maximum Gasteiger partial charge on any atom is 0.0707 e. The molecule has 0 N–H and O–H groups in total. The first-order chi connectivity index (χ1) is 34.4. The Kier molecular flexibility index (Phi) is 8.75. The fraction of sp³-hybridized carbons (Fsp3) is 0.206. The summed E-state index contributed by atoms with van der Waals surface area (Å²) in [5.41, 5.74) is 19.6. The van der Waals surface area contributed by atoms with Gasteiger partial charge >= 0.3 is 0 Å².